The first-order valence-corrected chi connectivity index (χ1v) is 6.77. The lowest BCUT2D eigenvalue weighted by Crippen LogP contribution is -2.08. The van der Waals surface area contributed by atoms with Gasteiger partial charge in [0, 0.05) is 17.8 Å². The van der Waals surface area contributed by atoms with Crippen LogP contribution < -0.4 is 10.3 Å². The second-order valence-electron chi connectivity index (χ2n) is 4.86. The van der Waals surface area contributed by atoms with Crippen LogP contribution in [0.25, 0.3) is 27.8 Å². The smallest absolute Gasteiger partial charge is 0.291 e. The molecule has 0 unspecified atom stereocenters. The molecule has 0 aliphatic carbocycles. The summed E-state index contributed by atoms with van der Waals surface area (Å²) in [6.07, 6.45) is 4.99. The van der Waals surface area contributed by atoms with Gasteiger partial charge in [-0.25, -0.2) is 9.97 Å². The molecule has 1 aromatic carbocycles. The molecule has 6 heteroatoms. The van der Waals surface area contributed by atoms with Crippen molar-refractivity contribution < 1.29 is 4.74 Å². The van der Waals surface area contributed by atoms with Crippen molar-refractivity contribution in [2.24, 2.45) is 0 Å². The number of hydrogen-bond donors (Lipinski definition) is 1. The molecule has 4 rings (SSSR count). The van der Waals surface area contributed by atoms with Crippen LogP contribution in [-0.2, 0) is 0 Å². The van der Waals surface area contributed by atoms with Gasteiger partial charge in [0.05, 0.1) is 30.1 Å². The number of nitrogens with one attached hydrogen (secondary N) is 1. The lowest BCUT2D eigenvalue weighted by Gasteiger charge is -2.09. The van der Waals surface area contributed by atoms with E-state index in [1.54, 1.807) is 30.1 Å². The normalized spacial score (nSPS) is 11.1. The molecule has 0 aliphatic heterocycles. The number of rotatable bonds is 2. The van der Waals surface area contributed by atoms with Crippen LogP contribution in [0.5, 0.6) is 5.88 Å². The van der Waals surface area contributed by atoms with Crippen LogP contribution in [0.1, 0.15) is 0 Å². The Bertz CT molecular complexity index is 1050. The molecule has 0 fully saturated rings. The lowest BCUT2D eigenvalue weighted by atomic mass is 10.1. The van der Waals surface area contributed by atoms with E-state index in [0.717, 1.165) is 22.2 Å². The van der Waals surface area contributed by atoms with Gasteiger partial charge in [0.1, 0.15) is 0 Å². The van der Waals surface area contributed by atoms with E-state index in [4.69, 9.17) is 4.74 Å². The van der Waals surface area contributed by atoms with Crippen LogP contribution in [-0.4, -0.2) is 26.5 Å². The highest BCUT2D eigenvalue weighted by Crippen LogP contribution is 2.31. The quantitative estimate of drug-likeness (QED) is 0.615. The van der Waals surface area contributed by atoms with Crippen LogP contribution in [0.4, 0.5) is 0 Å². The van der Waals surface area contributed by atoms with Crippen molar-refractivity contribution in [2.75, 3.05) is 7.11 Å². The molecule has 3 heterocycles. The van der Waals surface area contributed by atoms with Gasteiger partial charge in [-0.2, -0.15) is 0 Å². The Kier molecular flexibility index (Phi) is 2.69. The van der Waals surface area contributed by atoms with Gasteiger partial charge >= 0.3 is 0 Å². The Morgan fingerprint density at radius 3 is 3.00 bits per heavy atom. The highest BCUT2D eigenvalue weighted by Gasteiger charge is 2.14. The van der Waals surface area contributed by atoms with Crippen molar-refractivity contribution in [3.05, 3.63) is 59.3 Å². The van der Waals surface area contributed by atoms with Crippen LogP contribution >= 0.6 is 0 Å². The number of H-pyrrole nitrogens is 1. The van der Waals surface area contributed by atoms with E-state index >= 15 is 0 Å². The van der Waals surface area contributed by atoms with Crippen LogP contribution in [0.3, 0.4) is 0 Å². The number of hydrogen-bond acceptors (Lipinski definition) is 4. The molecule has 0 saturated heterocycles. The Morgan fingerprint density at radius 2 is 2.14 bits per heavy atom. The average Bonchev–Trinajstić information content (AvgIpc) is 2.99. The monoisotopic (exact) mass is 292 g/mol. The number of fused-ring (bicyclic) bond motifs is 2. The van der Waals surface area contributed by atoms with Crippen LogP contribution in [0.2, 0.25) is 0 Å². The maximum Gasteiger partial charge on any atom is 0.291 e. The van der Waals surface area contributed by atoms with Crippen molar-refractivity contribution in [3.63, 3.8) is 0 Å². The van der Waals surface area contributed by atoms with Crippen LogP contribution in [0.15, 0.2) is 53.7 Å². The number of methoxy groups -OCH3 is 1. The third kappa shape index (κ3) is 1.77. The molecular formula is C16H12N4O2. The number of aromatic amines is 1. The predicted molar refractivity (Wildman–Crippen MR) is 83.1 cm³/mol. The fourth-order valence-corrected chi connectivity index (χ4v) is 2.57. The summed E-state index contributed by atoms with van der Waals surface area (Å²) in [5, 5.41) is 0.998. The van der Waals surface area contributed by atoms with Gasteiger partial charge in [-0.3, -0.25) is 9.20 Å². The SMILES string of the molecule is COc1nc2ccccc2cc1-c1cnc2c(=O)[nH]ccn12. The van der Waals surface area contributed by atoms with E-state index in [-0.39, 0.29) is 5.56 Å². The van der Waals surface area contributed by atoms with E-state index < -0.39 is 0 Å². The first kappa shape index (κ1) is 12.6. The zero-order valence-corrected chi connectivity index (χ0v) is 11.8. The Hall–Kier alpha value is -3.15. The van der Waals surface area contributed by atoms with Gasteiger partial charge in [0.25, 0.3) is 5.56 Å². The second-order valence-corrected chi connectivity index (χ2v) is 4.86. The third-order valence-electron chi connectivity index (χ3n) is 3.60. The molecule has 0 aliphatic rings. The molecule has 22 heavy (non-hydrogen) atoms. The van der Waals surface area contributed by atoms with Crippen molar-refractivity contribution in [3.8, 4) is 17.1 Å². The molecule has 6 nitrogen and oxygen atoms in total. The molecule has 4 aromatic rings. The molecule has 108 valence electrons. The van der Waals surface area contributed by atoms with Crippen molar-refractivity contribution in [1.29, 1.82) is 0 Å². The van der Waals surface area contributed by atoms with Gasteiger partial charge < -0.3 is 9.72 Å². The highest BCUT2D eigenvalue weighted by molar-refractivity contribution is 5.85. The Balaban J connectivity index is 2.07. The highest BCUT2D eigenvalue weighted by atomic mass is 16.5. The summed E-state index contributed by atoms with van der Waals surface area (Å²) in [5.41, 5.74) is 2.51. The molecule has 0 amide bonds. The second kappa shape index (κ2) is 4.70. The van der Waals surface area contributed by atoms with Gasteiger partial charge in [-0.05, 0) is 12.1 Å². The molecule has 0 radical (unpaired) electrons. The largest absolute Gasteiger partial charge is 0.480 e. The predicted octanol–water partition coefficient (Wildman–Crippen LogP) is 2.25. The van der Waals surface area contributed by atoms with Gasteiger partial charge in [0.15, 0.2) is 0 Å². The Morgan fingerprint density at radius 1 is 1.27 bits per heavy atom. The first-order chi connectivity index (χ1) is 10.8. The zero-order valence-electron chi connectivity index (χ0n) is 11.8. The van der Waals surface area contributed by atoms with Crippen molar-refractivity contribution >= 4 is 16.6 Å². The molecular weight excluding hydrogens is 280 g/mol. The molecule has 0 atom stereocenters. The summed E-state index contributed by atoms with van der Waals surface area (Å²) in [6.45, 7) is 0. The number of ether oxygens (including phenoxy) is 1. The molecule has 0 spiro atoms. The number of para-hydroxylation sites is 1. The fraction of sp³-hybridized carbons (Fsp3) is 0.0625. The number of aromatic nitrogens is 4. The van der Waals surface area contributed by atoms with Gasteiger partial charge in [0.2, 0.25) is 11.5 Å². The van der Waals surface area contributed by atoms with Crippen molar-refractivity contribution in [2.45, 2.75) is 0 Å². The minimum Gasteiger partial charge on any atom is -0.480 e. The Labute approximate surface area is 125 Å². The van der Waals surface area contributed by atoms with E-state index in [1.807, 2.05) is 30.3 Å². The number of imidazole rings is 1. The minimum absolute atomic E-state index is 0.235. The third-order valence-corrected chi connectivity index (χ3v) is 3.60. The fourth-order valence-electron chi connectivity index (χ4n) is 2.57. The maximum atomic E-state index is 11.8. The summed E-state index contributed by atoms with van der Waals surface area (Å²) >= 11 is 0. The summed E-state index contributed by atoms with van der Waals surface area (Å²) in [7, 11) is 1.58. The first-order valence-electron chi connectivity index (χ1n) is 6.77. The zero-order chi connectivity index (χ0) is 15.1. The molecule has 0 saturated carbocycles. The topological polar surface area (TPSA) is 72.3 Å². The molecule has 0 bridgehead atoms. The van der Waals surface area contributed by atoms with Crippen LogP contribution in [0, 0.1) is 0 Å². The summed E-state index contributed by atoms with van der Waals surface area (Å²) < 4.78 is 7.15. The van der Waals surface area contributed by atoms with Crippen molar-refractivity contribution in [1.82, 2.24) is 19.4 Å². The number of pyridine rings is 1. The number of nitrogens with zero attached hydrogens (tertiary/aromatic N) is 3. The lowest BCUT2D eigenvalue weighted by molar-refractivity contribution is 0.401. The van der Waals surface area contributed by atoms with E-state index in [9.17, 15) is 4.79 Å². The van der Waals surface area contributed by atoms with Gasteiger partial charge in [-0.15, -0.1) is 0 Å². The minimum atomic E-state index is -0.235. The number of benzene rings is 1. The molecule has 1 N–H and O–H groups in total. The van der Waals surface area contributed by atoms with Gasteiger partial charge in [-0.1, -0.05) is 18.2 Å². The maximum absolute atomic E-state index is 11.8. The standard InChI is InChI=1S/C16H12N4O2/c1-22-16-11(8-10-4-2-3-5-12(10)19-16)13-9-18-14-15(21)17-6-7-20(13)14/h2-9H,1H3,(H,17,21). The van der Waals surface area contributed by atoms with E-state index in [1.165, 1.54) is 0 Å². The van der Waals surface area contributed by atoms with E-state index in [2.05, 4.69) is 15.0 Å². The summed E-state index contributed by atoms with van der Waals surface area (Å²) in [4.78, 5) is 23.1. The molecule has 3 aromatic heterocycles. The average molecular weight is 292 g/mol. The van der Waals surface area contributed by atoms with E-state index in [0.29, 0.717) is 11.5 Å². The summed E-state index contributed by atoms with van der Waals surface area (Å²) in [6, 6.07) is 9.80. The summed E-state index contributed by atoms with van der Waals surface area (Å²) in [5.74, 6) is 0.501.